The lowest BCUT2D eigenvalue weighted by molar-refractivity contribution is 0.426. The molecule has 1 atom stereocenters. The topological polar surface area (TPSA) is 85.7 Å². The number of hydrogen-bond acceptors (Lipinski definition) is 6. The molecule has 0 aromatic carbocycles. The van der Waals surface area contributed by atoms with Crippen LogP contribution in [0.15, 0.2) is 40.5 Å². The molecule has 0 radical (unpaired) electrons. The van der Waals surface area contributed by atoms with Gasteiger partial charge in [0.1, 0.15) is 17.3 Å². The summed E-state index contributed by atoms with van der Waals surface area (Å²) < 4.78 is 0. The van der Waals surface area contributed by atoms with Crippen LogP contribution in [0.5, 0.6) is 0 Å². The molecule has 1 unspecified atom stereocenters. The van der Waals surface area contributed by atoms with Crippen molar-refractivity contribution in [3.05, 3.63) is 36.0 Å². The van der Waals surface area contributed by atoms with Crippen LogP contribution in [-0.4, -0.2) is 63.6 Å². The number of imidazole rings is 1. The molecule has 8 heteroatoms. The minimum atomic E-state index is 0.351. The number of hydrogen-bond donors (Lipinski definition) is 1. The first-order valence-corrected chi connectivity index (χ1v) is 12.2. The molecule has 2 aliphatic heterocycles. The van der Waals surface area contributed by atoms with Crippen LogP contribution in [0.2, 0.25) is 0 Å². The van der Waals surface area contributed by atoms with Crippen LogP contribution >= 0.6 is 0 Å². The second-order valence-electron chi connectivity index (χ2n) is 9.43. The van der Waals surface area contributed by atoms with E-state index in [1.54, 1.807) is 0 Å². The summed E-state index contributed by atoms with van der Waals surface area (Å²) in [6.45, 7) is 7.64. The van der Waals surface area contributed by atoms with E-state index in [1.165, 1.54) is 31.4 Å². The fraction of sp³-hybridized carbons (Fsp3) is 0.480. The summed E-state index contributed by atoms with van der Waals surface area (Å²) >= 11 is 0. The van der Waals surface area contributed by atoms with E-state index in [9.17, 15) is 0 Å². The van der Waals surface area contributed by atoms with Crippen LogP contribution in [0, 0.1) is 5.92 Å². The molecule has 170 valence electrons. The molecule has 3 aromatic heterocycles. The lowest BCUT2D eigenvalue weighted by Gasteiger charge is -2.36. The number of aromatic amines is 1. The summed E-state index contributed by atoms with van der Waals surface area (Å²) in [5.41, 5.74) is 3.74. The second kappa shape index (κ2) is 8.57. The molecule has 3 aromatic rings. The fourth-order valence-corrected chi connectivity index (χ4v) is 5.19. The van der Waals surface area contributed by atoms with E-state index in [0.29, 0.717) is 11.8 Å². The number of aromatic nitrogens is 4. The van der Waals surface area contributed by atoms with Gasteiger partial charge in [0.2, 0.25) is 0 Å². The minimum absolute atomic E-state index is 0.351. The highest BCUT2D eigenvalue weighted by Gasteiger charge is 2.30. The number of amidine groups is 1. The Bertz CT molecular complexity index is 1190. The highest BCUT2D eigenvalue weighted by atomic mass is 15.3. The third-order valence-corrected chi connectivity index (χ3v) is 7.05. The molecule has 1 saturated carbocycles. The monoisotopic (exact) mass is 442 g/mol. The van der Waals surface area contributed by atoms with E-state index in [0.717, 1.165) is 73.4 Å². The first-order valence-electron chi connectivity index (χ1n) is 12.2. The van der Waals surface area contributed by atoms with Crippen LogP contribution in [-0.2, 0) is 0 Å². The molecule has 1 N–H and O–H groups in total. The van der Waals surface area contributed by atoms with Crippen molar-refractivity contribution in [2.75, 3.05) is 31.1 Å². The number of piperidine rings is 1. The van der Waals surface area contributed by atoms with E-state index in [4.69, 9.17) is 15.0 Å². The molecular weight excluding hydrogens is 412 g/mol. The van der Waals surface area contributed by atoms with E-state index in [1.807, 2.05) is 6.07 Å². The number of nitrogens with one attached hydrogen (secondary N) is 1. The van der Waals surface area contributed by atoms with E-state index in [-0.39, 0.29) is 0 Å². The van der Waals surface area contributed by atoms with Gasteiger partial charge in [-0.25, -0.2) is 15.0 Å². The van der Waals surface area contributed by atoms with Gasteiger partial charge in [0, 0.05) is 50.4 Å². The van der Waals surface area contributed by atoms with Crippen molar-refractivity contribution in [1.82, 2.24) is 24.8 Å². The first kappa shape index (κ1) is 20.3. The molecule has 0 amide bonds. The van der Waals surface area contributed by atoms with Crippen molar-refractivity contribution in [2.24, 2.45) is 16.1 Å². The van der Waals surface area contributed by atoms with Crippen molar-refractivity contribution in [3.8, 4) is 11.5 Å². The fourth-order valence-electron chi connectivity index (χ4n) is 5.19. The van der Waals surface area contributed by atoms with Crippen molar-refractivity contribution >= 4 is 29.5 Å². The Kier molecular flexibility index (Phi) is 5.28. The van der Waals surface area contributed by atoms with Crippen molar-refractivity contribution in [1.29, 1.82) is 0 Å². The van der Waals surface area contributed by atoms with Gasteiger partial charge in [-0.15, -0.1) is 5.10 Å². The van der Waals surface area contributed by atoms with Gasteiger partial charge >= 0.3 is 0 Å². The molecule has 3 aliphatic rings. The zero-order valence-corrected chi connectivity index (χ0v) is 19.0. The molecule has 33 heavy (non-hydrogen) atoms. The Morgan fingerprint density at radius 3 is 2.67 bits per heavy atom. The Balaban J connectivity index is 1.24. The largest absolute Gasteiger partial charge is 0.358 e. The molecular formula is C25H30N8. The standard InChI is InChI=1S/C25H30N8/c1-26-31-25(32-13-2-3-14-32)18-6-5-15-33(16-18)22-12-11-21-24(29-22)30-23(28-21)20-8-4-7-19(27-20)17-9-10-17/h4,7-8,11-12,17-18H,1-3,5-6,9-10,13-16H2,(H,28,29,30)/b31-25-. The summed E-state index contributed by atoms with van der Waals surface area (Å²) in [4.78, 5) is 22.7. The number of anilines is 1. The highest BCUT2D eigenvalue weighted by Crippen LogP contribution is 2.39. The maximum Gasteiger partial charge on any atom is 0.180 e. The maximum absolute atomic E-state index is 4.92. The molecule has 3 fully saturated rings. The smallest absolute Gasteiger partial charge is 0.180 e. The second-order valence-corrected chi connectivity index (χ2v) is 9.43. The molecule has 5 heterocycles. The number of rotatable bonds is 5. The lowest BCUT2D eigenvalue weighted by Crippen LogP contribution is -2.44. The van der Waals surface area contributed by atoms with Crippen LogP contribution in [0.3, 0.4) is 0 Å². The van der Waals surface area contributed by atoms with Crippen LogP contribution in [0.1, 0.15) is 50.1 Å². The molecule has 0 bridgehead atoms. The number of pyridine rings is 2. The summed E-state index contributed by atoms with van der Waals surface area (Å²) in [7, 11) is 0. The maximum atomic E-state index is 4.92. The van der Waals surface area contributed by atoms with Gasteiger partial charge in [0.25, 0.3) is 0 Å². The molecule has 8 nitrogen and oxygen atoms in total. The normalized spacial score (nSPS) is 21.7. The Hall–Kier alpha value is -3.29. The first-order chi connectivity index (χ1) is 16.3. The third-order valence-electron chi connectivity index (χ3n) is 7.05. The molecule has 6 rings (SSSR count). The van der Waals surface area contributed by atoms with Gasteiger partial charge in [-0.05, 0) is 62.8 Å². The highest BCUT2D eigenvalue weighted by molar-refractivity contribution is 5.86. The Labute approximate surface area is 193 Å². The molecule has 1 aliphatic carbocycles. The third kappa shape index (κ3) is 4.10. The van der Waals surface area contributed by atoms with Crippen LogP contribution in [0.25, 0.3) is 22.7 Å². The summed E-state index contributed by atoms with van der Waals surface area (Å²) in [6.07, 6.45) is 7.17. The predicted octanol–water partition coefficient (Wildman–Crippen LogP) is 4.22. The van der Waals surface area contributed by atoms with Crippen molar-refractivity contribution in [2.45, 2.75) is 44.4 Å². The van der Waals surface area contributed by atoms with E-state index in [2.05, 4.69) is 56.0 Å². The van der Waals surface area contributed by atoms with E-state index >= 15 is 0 Å². The van der Waals surface area contributed by atoms with Gasteiger partial charge < -0.3 is 14.8 Å². The predicted molar refractivity (Wildman–Crippen MR) is 132 cm³/mol. The molecule has 2 saturated heterocycles. The number of fused-ring (bicyclic) bond motifs is 1. The van der Waals surface area contributed by atoms with Gasteiger partial charge in [-0.2, -0.15) is 5.10 Å². The Morgan fingerprint density at radius 1 is 0.970 bits per heavy atom. The molecule has 0 spiro atoms. The van der Waals surface area contributed by atoms with E-state index < -0.39 is 0 Å². The van der Waals surface area contributed by atoms with Crippen molar-refractivity contribution < 1.29 is 0 Å². The zero-order valence-electron chi connectivity index (χ0n) is 19.0. The van der Waals surface area contributed by atoms with Gasteiger partial charge in [-0.1, -0.05) is 6.07 Å². The average molecular weight is 443 g/mol. The Morgan fingerprint density at radius 2 is 1.85 bits per heavy atom. The summed E-state index contributed by atoms with van der Waals surface area (Å²) in [6, 6.07) is 10.4. The quantitative estimate of drug-likeness (QED) is 0.363. The number of nitrogens with zero attached hydrogens (tertiary/aromatic N) is 7. The lowest BCUT2D eigenvalue weighted by atomic mass is 9.96. The number of likely N-dealkylation sites (tertiary alicyclic amines) is 1. The number of H-pyrrole nitrogens is 1. The van der Waals surface area contributed by atoms with Crippen molar-refractivity contribution in [3.63, 3.8) is 0 Å². The van der Waals surface area contributed by atoms with Gasteiger partial charge in [0.15, 0.2) is 11.5 Å². The van der Waals surface area contributed by atoms with Gasteiger partial charge in [-0.3, -0.25) is 0 Å². The minimum Gasteiger partial charge on any atom is -0.358 e. The summed E-state index contributed by atoms with van der Waals surface area (Å²) in [5.74, 6) is 3.82. The average Bonchev–Trinajstić information content (AvgIpc) is 3.40. The SMILES string of the molecule is C=N/N=C(/C1CCCN(c2ccc3[nH]c(-c4cccc(C5CC5)n4)nc3n2)C1)N1CCCC1. The van der Waals surface area contributed by atoms with Crippen LogP contribution in [0.4, 0.5) is 5.82 Å². The van der Waals surface area contributed by atoms with Crippen LogP contribution < -0.4 is 4.90 Å². The van der Waals surface area contributed by atoms with Gasteiger partial charge in [0.05, 0.1) is 5.52 Å². The summed E-state index contributed by atoms with van der Waals surface area (Å²) in [5, 5.41) is 8.34. The zero-order chi connectivity index (χ0) is 22.2.